The molecule has 1 aromatic carbocycles. The molecule has 0 spiro atoms. The predicted molar refractivity (Wildman–Crippen MR) is 55.1 cm³/mol. The van der Waals surface area contributed by atoms with Crippen LogP contribution in [0, 0.1) is 0 Å². The highest BCUT2D eigenvalue weighted by molar-refractivity contribution is 6.00. The van der Waals surface area contributed by atoms with Crippen molar-refractivity contribution in [1.29, 1.82) is 0 Å². The lowest BCUT2D eigenvalue weighted by atomic mass is 10.2. The molecular weight excluding hydrogens is 219 g/mol. The van der Waals surface area contributed by atoms with Gasteiger partial charge in [-0.05, 0) is 30.3 Å². The van der Waals surface area contributed by atoms with Crippen molar-refractivity contribution in [2.75, 3.05) is 11.9 Å². The van der Waals surface area contributed by atoms with E-state index in [1.807, 2.05) is 0 Å². The van der Waals surface area contributed by atoms with Crippen molar-refractivity contribution in [3.63, 3.8) is 0 Å². The molecule has 0 unspecified atom stereocenters. The number of amides is 1. The maximum atomic E-state index is 12.2. The molecule has 1 aromatic rings. The Morgan fingerprint density at radius 2 is 1.81 bits per heavy atom. The van der Waals surface area contributed by atoms with Gasteiger partial charge in [-0.1, -0.05) is 6.58 Å². The zero-order valence-electron chi connectivity index (χ0n) is 8.58. The molecule has 0 aliphatic heterocycles. The van der Waals surface area contributed by atoms with Gasteiger partial charge in [0, 0.05) is 12.7 Å². The number of hydrogen-bond donors (Lipinski definition) is 0. The van der Waals surface area contributed by atoms with Crippen molar-refractivity contribution in [2.45, 2.75) is 6.18 Å². The lowest BCUT2D eigenvalue weighted by Gasteiger charge is -2.16. The molecule has 0 radical (unpaired) electrons. The van der Waals surface area contributed by atoms with Gasteiger partial charge >= 0.3 is 6.18 Å². The standard InChI is InChI=1S/C11H10F3NO/c1-3-10(16)15(2)9-6-4-8(5-7-9)11(12,13)14/h3-7H,1H2,2H3. The Morgan fingerprint density at radius 1 is 1.31 bits per heavy atom. The van der Waals surface area contributed by atoms with Crippen LogP contribution in [0.2, 0.25) is 0 Å². The van der Waals surface area contributed by atoms with Crippen LogP contribution in [0.4, 0.5) is 18.9 Å². The topological polar surface area (TPSA) is 20.3 Å². The fourth-order valence-corrected chi connectivity index (χ4v) is 1.14. The molecule has 0 aromatic heterocycles. The summed E-state index contributed by atoms with van der Waals surface area (Å²) in [5.74, 6) is -0.375. The second-order valence-electron chi connectivity index (χ2n) is 3.15. The molecular formula is C11H10F3NO. The van der Waals surface area contributed by atoms with Gasteiger partial charge in [-0.25, -0.2) is 0 Å². The van der Waals surface area contributed by atoms with Crippen molar-refractivity contribution in [2.24, 2.45) is 0 Å². The first-order chi connectivity index (χ1) is 7.36. The average molecular weight is 229 g/mol. The molecule has 86 valence electrons. The molecule has 0 saturated carbocycles. The van der Waals surface area contributed by atoms with Gasteiger partial charge in [-0.3, -0.25) is 4.79 Å². The van der Waals surface area contributed by atoms with Gasteiger partial charge in [0.15, 0.2) is 0 Å². The van der Waals surface area contributed by atoms with Crippen LogP contribution < -0.4 is 4.90 Å². The highest BCUT2D eigenvalue weighted by Crippen LogP contribution is 2.30. The zero-order valence-corrected chi connectivity index (χ0v) is 8.58. The van der Waals surface area contributed by atoms with E-state index in [-0.39, 0.29) is 5.91 Å². The Kier molecular flexibility index (Phi) is 3.37. The molecule has 16 heavy (non-hydrogen) atoms. The van der Waals surface area contributed by atoms with Gasteiger partial charge < -0.3 is 4.90 Å². The van der Waals surface area contributed by atoms with E-state index in [4.69, 9.17) is 0 Å². The number of likely N-dealkylation sites (N-methyl/N-ethyl adjacent to an activating group) is 1. The van der Waals surface area contributed by atoms with Gasteiger partial charge in [0.05, 0.1) is 5.56 Å². The normalized spacial score (nSPS) is 11.0. The first-order valence-electron chi connectivity index (χ1n) is 4.43. The zero-order chi connectivity index (χ0) is 12.3. The third-order valence-corrected chi connectivity index (χ3v) is 2.09. The Balaban J connectivity index is 2.95. The summed E-state index contributed by atoms with van der Waals surface area (Å²) in [6.45, 7) is 3.29. The summed E-state index contributed by atoms with van der Waals surface area (Å²) < 4.78 is 36.7. The first-order valence-corrected chi connectivity index (χ1v) is 4.43. The average Bonchev–Trinajstić information content (AvgIpc) is 2.26. The van der Waals surface area contributed by atoms with Gasteiger partial charge in [0.25, 0.3) is 0 Å². The van der Waals surface area contributed by atoms with Crippen molar-refractivity contribution < 1.29 is 18.0 Å². The van der Waals surface area contributed by atoms with Gasteiger partial charge in [-0.2, -0.15) is 13.2 Å². The molecule has 0 aliphatic carbocycles. The molecule has 0 fully saturated rings. The number of halogens is 3. The Labute approximate surface area is 91.0 Å². The highest BCUT2D eigenvalue weighted by Gasteiger charge is 2.30. The fraction of sp³-hybridized carbons (Fsp3) is 0.182. The largest absolute Gasteiger partial charge is 0.416 e. The molecule has 5 heteroatoms. The summed E-state index contributed by atoms with van der Waals surface area (Å²) in [4.78, 5) is 12.4. The molecule has 1 amide bonds. The van der Waals surface area contributed by atoms with Gasteiger partial charge in [0.2, 0.25) is 5.91 Å². The van der Waals surface area contributed by atoms with Crippen molar-refractivity contribution in [3.05, 3.63) is 42.5 Å². The van der Waals surface area contributed by atoms with Crippen molar-refractivity contribution in [1.82, 2.24) is 0 Å². The van der Waals surface area contributed by atoms with Crippen LogP contribution >= 0.6 is 0 Å². The summed E-state index contributed by atoms with van der Waals surface area (Å²) in [6.07, 6.45) is -3.27. The number of rotatable bonds is 2. The van der Waals surface area contributed by atoms with E-state index in [9.17, 15) is 18.0 Å². The lowest BCUT2D eigenvalue weighted by molar-refractivity contribution is -0.137. The maximum absolute atomic E-state index is 12.2. The Hall–Kier alpha value is -1.78. The third kappa shape index (κ3) is 2.62. The number of alkyl halides is 3. The number of hydrogen-bond acceptors (Lipinski definition) is 1. The predicted octanol–water partition coefficient (Wildman–Crippen LogP) is 2.85. The number of carbonyl (C=O) groups is 1. The molecule has 0 N–H and O–H groups in total. The first kappa shape index (κ1) is 12.3. The molecule has 1 rings (SSSR count). The van der Waals surface area contributed by atoms with E-state index >= 15 is 0 Å². The summed E-state index contributed by atoms with van der Waals surface area (Å²) in [6, 6.07) is 4.35. The lowest BCUT2D eigenvalue weighted by Crippen LogP contribution is -2.23. The van der Waals surface area contributed by atoms with Crippen LogP contribution in [0.15, 0.2) is 36.9 Å². The van der Waals surface area contributed by atoms with E-state index in [2.05, 4.69) is 6.58 Å². The van der Waals surface area contributed by atoms with E-state index < -0.39 is 11.7 Å². The number of benzene rings is 1. The number of nitrogens with zero attached hydrogens (tertiary/aromatic N) is 1. The van der Waals surface area contributed by atoms with Gasteiger partial charge in [-0.15, -0.1) is 0 Å². The number of anilines is 1. The van der Waals surface area contributed by atoms with Crippen LogP contribution in [0.3, 0.4) is 0 Å². The number of carbonyl (C=O) groups excluding carboxylic acids is 1. The van der Waals surface area contributed by atoms with E-state index in [1.54, 1.807) is 0 Å². The van der Waals surface area contributed by atoms with Crippen LogP contribution in [0.25, 0.3) is 0 Å². The molecule has 0 heterocycles. The molecule has 0 saturated heterocycles. The Bertz CT molecular complexity index is 395. The minimum absolute atomic E-state index is 0.375. The summed E-state index contributed by atoms with van der Waals surface area (Å²) in [5, 5.41) is 0. The summed E-state index contributed by atoms with van der Waals surface area (Å²) >= 11 is 0. The third-order valence-electron chi connectivity index (χ3n) is 2.09. The minimum Gasteiger partial charge on any atom is -0.312 e. The van der Waals surface area contributed by atoms with E-state index in [0.29, 0.717) is 5.69 Å². The second-order valence-corrected chi connectivity index (χ2v) is 3.15. The maximum Gasteiger partial charge on any atom is 0.416 e. The second kappa shape index (κ2) is 4.38. The van der Waals surface area contributed by atoms with Crippen LogP contribution in [0.1, 0.15) is 5.56 Å². The fourth-order valence-electron chi connectivity index (χ4n) is 1.14. The highest BCUT2D eigenvalue weighted by atomic mass is 19.4. The summed E-state index contributed by atoms with van der Waals surface area (Å²) in [7, 11) is 1.46. The molecule has 0 atom stereocenters. The van der Waals surface area contributed by atoms with Crippen LogP contribution in [0.5, 0.6) is 0 Å². The Morgan fingerprint density at radius 3 is 2.19 bits per heavy atom. The van der Waals surface area contributed by atoms with Crippen molar-refractivity contribution in [3.8, 4) is 0 Å². The van der Waals surface area contributed by atoms with E-state index in [0.717, 1.165) is 18.2 Å². The van der Waals surface area contributed by atoms with Gasteiger partial charge in [0.1, 0.15) is 0 Å². The van der Waals surface area contributed by atoms with Crippen LogP contribution in [-0.4, -0.2) is 13.0 Å². The SMILES string of the molecule is C=CC(=O)N(C)c1ccc(C(F)(F)F)cc1. The molecule has 2 nitrogen and oxygen atoms in total. The molecule has 0 aliphatic rings. The molecule has 0 bridgehead atoms. The van der Waals surface area contributed by atoms with Crippen LogP contribution in [-0.2, 0) is 11.0 Å². The quantitative estimate of drug-likeness (QED) is 0.714. The summed E-state index contributed by atoms with van der Waals surface area (Å²) in [5.41, 5.74) is -0.353. The monoisotopic (exact) mass is 229 g/mol. The van der Waals surface area contributed by atoms with E-state index in [1.165, 1.54) is 24.1 Å². The smallest absolute Gasteiger partial charge is 0.312 e. The van der Waals surface area contributed by atoms with Crippen molar-refractivity contribution >= 4 is 11.6 Å². The minimum atomic E-state index is -4.36.